The highest BCUT2D eigenvalue weighted by atomic mass is 16.7. The molecule has 0 N–H and O–H groups in total. The maximum Gasteiger partial charge on any atom is 0.170 e. The molecule has 2 fully saturated rings. The van der Waals surface area contributed by atoms with E-state index >= 15 is 0 Å². The van der Waals surface area contributed by atoms with Gasteiger partial charge in [0.05, 0.1) is 52.9 Å². The molecule has 0 spiro atoms. The van der Waals surface area contributed by atoms with Gasteiger partial charge in [0.1, 0.15) is 52.0 Å². The second-order valence-electron chi connectivity index (χ2n) is 41.0. The highest BCUT2D eigenvalue weighted by molar-refractivity contribution is 5.84. The predicted molar refractivity (Wildman–Crippen MR) is 505 cm³/mol. The van der Waals surface area contributed by atoms with E-state index in [0.717, 1.165) is 153 Å². The highest BCUT2D eigenvalue weighted by Gasteiger charge is 2.40. The first-order valence-electron chi connectivity index (χ1n) is 50.1. The van der Waals surface area contributed by atoms with Crippen molar-refractivity contribution in [3.05, 3.63) is 0 Å². The lowest BCUT2D eigenvalue weighted by Crippen LogP contribution is -2.45. The number of Topliss-reactive ketones (excluding diaryl/α,β-unsaturated/α-hetero) is 9. The van der Waals surface area contributed by atoms with Gasteiger partial charge in [-0.1, -0.05) is 211 Å². The normalized spacial score (nSPS) is 14.6. The average molecular weight is 1730 g/mol. The Balaban J connectivity index is -0.00000149. The molecule has 720 valence electrons. The molecule has 2 aliphatic rings. The summed E-state index contributed by atoms with van der Waals surface area (Å²) < 4.78 is 48.4. The van der Waals surface area contributed by atoms with E-state index in [1.54, 1.807) is 0 Å². The number of hydrogen-bond acceptors (Lipinski definition) is 17. The van der Waals surface area contributed by atoms with E-state index in [1.165, 1.54) is 70.6 Å². The summed E-state index contributed by atoms with van der Waals surface area (Å²) in [4.78, 5) is 105. The predicted octanol–water partition coefficient (Wildman–Crippen LogP) is 28.0. The van der Waals surface area contributed by atoms with E-state index in [9.17, 15) is 43.2 Å². The van der Waals surface area contributed by atoms with E-state index in [1.807, 2.05) is 90.0 Å². The number of ether oxygens (including phenoxy) is 8. The molecule has 0 amide bonds. The van der Waals surface area contributed by atoms with Crippen LogP contribution in [0.4, 0.5) is 0 Å². The number of rotatable bonds is 72. The summed E-state index contributed by atoms with van der Waals surface area (Å²) in [5.74, 6) is 4.68. The van der Waals surface area contributed by atoms with Crippen molar-refractivity contribution in [1.82, 2.24) is 0 Å². The summed E-state index contributed by atoms with van der Waals surface area (Å²) in [6, 6.07) is 0. The smallest absolute Gasteiger partial charge is 0.170 e. The Morgan fingerprint density at radius 1 is 0.230 bits per heavy atom. The Labute approximate surface area is 751 Å². The van der Waals surface area contributed by atoms with Crippen molar-refractivity contribution < 1.29 is 81.0 Å². The van der Waals surface area contributed by atoms with Crippen molar-refractivity contribution in [2.45, 2.75) is 505 Å². The van der Waals surface area contributed by atoms with Crippen molar-refractivity contribution in [3.8, 4) is 0 Å². The van der Waals surface area contributed by atoms with Gasteiger partial charge in [-0.15, -0.1) is 0 Å². The van der Waals surface area contributed by atoms with Crippen molar-refractivity contribution in [2.24, 2.45) is 64.6 Å². The van der Waals surface area contributed by atoms with Gasteiger partial charge in [0, 0.05) is 144 Å². The number of carbonyl (C=O) groups is 9. The second kappa shape index (κ2) is 74.5. The molecule has 0 aromatic carbocycles. The lowest BCUT2D eigenvalue weighted by atomic mass is 9.86. The van der Waals surface area contributed by atoms with E-state index in [4.69, 9.17) is 37.9 Å². The van der Waals surface area contributed by atoms with E-state index in [0.29, 0.717) is 177 Å². The van der Waals surface area contributed by atoms with E-state index in [-0.39, 0.29) is 75.5 Å². The summed E-state index contributed by atoms with van der Waals surface area (Å²) in [7, 11) is 0. The first-order valence-corrected chi connectivity index (χ1v) is 50.1. The molecule has 2 saturated carbocycles. The lowest BCUT2D eigenvalue weighted by molar-refractivity contribution is -0.278. The Hall–Kier alpha value is -3.29. The third kappa shape index (κ3) is 73.6. The molecule has 1 unspecified atom stereocenters. The zero-order valence-corrected chi connectivity index (χ0v) is 84.6. The zero-order valence-electron chi connectivity index (χ0n) is 84.6. The quantitative estimate of drug-likeness (QED) is 0.0407. The van der Waals surface area contributed by atoms with Crippen LogP contribution in [0.1, 0.15) is 482 Å². The fourth-order valence-corrected chi connectivity index (χ4v) is 14.1. The van der Waals surface area contributed by atoms with Crippen LogP contribution in [-0.2, 0) is 81.0 Å². The highest BCUT2D eigenvalue weighted by Crippen LogP contribution is 2.38. The Kier molecular flexibility index (Phi) is 75.0. The second-order valence-corrected chi connectivity index (χ2v) is 41.0. The molecule has 0 aromatic heterocycles. The fourth-order valence-electron chi connectivity index (χ4n) is 14.1. The first-order chi connectivity index (χ1) is 57.3. The van der Waals surface area contributed by atoms with E-state index in [2.05, 4.69) is 90.0 Å². The lowest BCUT2D eigenvalue weighted by Gasteiger charge is -2.41. The summed E-state index contributed by atoms with van der Waals surface area (Å²) in [5.41, 5.74) is -0.147. The molecule has 122 heavy (non-hydrogen) atoms. The minimum absolute atomic E-state index is 0.0594. The number of ketones is 9. The summed E-state index contributed by atoms with van der Waals surface area (Å²) in [6.07, 6.45) is 42.8. The number of carbonyl (C=O) groups excluding carboxylic acids is 9. The monoisotopic (exact) mass is 1730 g/mol. The van der Waals surface area contributed by atoms with Gasteiger partial charge in [0.25, 0.3) is 0 Å². The fraction of sp³-hybridized carbons (Fsp3) is 0.914. The van der Waals surface area contributed by atoms with Crippen LogP contribution in [0, 0.1) is 64.6 Å². The third-order valence-electron chi connectivity index (χ3n) is 23.3. The first kappa shape index (κ1) is 123. The maximum absolute atomic E-state index is 12.2. The van der Waals surface area contributed by atoms with Gasteiger partial charge in [-0.25, -0.2) is 0 Å². The molecule has 2 rings (SSSR count). The van der Waals surface area contributed by atoms with Crippen LogP contribution in [0.2, 0.25) is 0 Å². The molecule has 2 aliphatic carbocycles. The third-order valence-corrected chi connectivity index (χ3v) is 23.3. The van der Waals surface area contributed by atoms with Gasteiger partial charge in [0.15, 0.2) is 23.1 Å². The Bertz CT molecular complexity index is 2630. The van der Waals surface area contributed by atoms with Gasteiger partial charge < -0.3 is 37.9 Å². The van der Waals surface area contributed by atoms with Crippen LogP contribution in [0.25, 0.3) is 0 Å². The minimum Gasteiger partial charge on any atom is -0.351 e. The van der Waals surface area contributed by atoms with Crippen LogP contribution >= 0.6 is 0 Å². The van der Waals surface area contributed by atoms with Crippen LogP contribution < -0.4 is 0 Å². The van der Waals surface area contributed by atoms with Crippen molar-refractivity contribution in [1.29, 1.82) is 0 Å². The zero-order chi connectivity index (χ0) is 93.0. The van der Waals surface area contributed by atoms with Gasteiger partial charge in [-0.2, -0.15) is 0 Å². The molecule has 17 nitrogen and oxygen atoms in total. The maximum atomic E-state index is 12.2. The van der Waals surface area contributed by atoms with E-state index < -0.39 is 17.4 Å². The molecule has 0 radical (unpaired) electrons. The molecule has 0 aromatic rings. The van der Waals surface area contributed by atoms with Gasteiger partial charge in [0.2, 0.25) is 0 Å². The van der Waals surface area contributed by atoms with Gasteiger partial charge in [-0.3, -0.25) is 43.2 Å². The number of unbranched alkanes of at least 4 members (excludes halogenated alkanes) is 7. The van der Waals surface area contributed by atoms with Crippen molar-refractivity contribution in [3.63, 3.8) is 0 Å². The Morgan fingerprint density at radius 3 is 0.730 bits per heavy atom. The summed E-state index contributed by atoms with van der Waals surface area (Å²) in [5, 5.41) is 0. The summed E-state index contributed by atoms with van der Waals surface area (Å²) >= 11 is 0. The van der Waals surface area contributed by atoms with Gasteiger partial charge >= 0.3 is 0 Å². The minimum atomic E-state index is -0.656. The SMILES string of the molecule is CC(C)CCCC(=O)C(C)C.CC(C)CCCOC(C)(C)OCCCC(=O)CCCC(=O)C(C)C.CC(C)CCCOC(C)(OCCCC(=O)CCCC(=O)C(C)C)C(C)(C)C.CC(C)CCCOC1(OCCCC(=O)CCCC(=O)C(C)C)CCCC1.CC(C)CCCOC1(OCCCC(=O)CCCCCCCCCCC(=O)C(C)C)CCCCC1. The average Bonchev–Trinajstić information content (AvgIpc) is 1.22. The van der Waals surface area contributed by atoms with Crippen LogP contribution in [0.15, 0.2) is 0 Å². The molecule has 0 aliphatic heterocycles. The van der Waals surface area contributed by atoms with Crippen LogP contribution in [0.3, 0.4) is 0 Å². The topological polar surface area (TPSA) is 227 Å². The standard InChI is InChI=1S/C30H56O4.C23H44O4.C22H40O4.C20H38O4.C10H20O/c1-26(2)18-16-24-33-30(22-14-11-15-23-30)34-25-17-20-28(31)19-12-9-7-5-6-8-10-13-21-29(32)27(3)4;1-18(2)12-10-16-26-23(8,22(5,6)7)27-17-11-14-20(24)13-9-15-21(25)19(3)4;1-18(2)10-8-16-25-22(14-5-6-15-22)26-17-9-12-20(23)11-7-13-21(24)19(3)4;1-16(2)10-8-14-23-20(5,6)24-15-9-12-18(21)11-7-13-19(22)17(3)4;1-8(2)6-5-7-10(11)9(3)4/h26-27H,5-25H2,1-4H3;18-19H,9-17H2,1-8H3;18-19H,5-17H2,1-4H3;16-17H,7-15H2,1-6H3;8-9H,5-7H2,1-4H3. The van der Waals surface area contributed by atoms with Gasteiger partial charge in [-0.05, 0) is 192 Å². The molecule has 0 bridgehead atoms. The molecule has 0 heterocycles. The molecule has 17 heteroatoms. The Morgan fingerprint density at radius 2 is 0.434 bits per heavy atom. The van der Waals surface area contributed by atoms with Crippen LogP contribution in [0.5, 0.6) is 0 Å². The molecule has 1 atom stereocenters. The molecule has 0 saturated heterocycles. The van der Waals surface area contributed by atoms with Crippen LogP contribution in [-0.4, -0.2) is 128 Å². The molecular formula is C105H198O17. The molecular weight excluding hydrogens is 1530 g/mol. The largest absolute Gasteiger partial charge is 0.351 e. The van der Waals surface area contributed by atoms with Crippen molar-refractivity contribution in [2.75, 3.05) is 52.9 Å². The van der Waals surface area contributed by atoms with Crippen molar-refractivity contribution >= 4 is 52.0 Å². The number of hydrogen-bond donors (Lipinski definition) is 0. The summed E-state index contributed by atoms with van der Waals surface area (Å²) in [6.45, 7) is 58.9.